The lowest BCUT2D eigenvalue weighted by Gasteiger charge is -2.28. The molecule has 6 heteroatoms. The molecule has 0 saturated heterocycles. The van der Waals surface area contributed by atoms with Gasteiger partial charge in [0, 0.05) is 22.0 Å². The Hall–Kier alpha value is -2.37. The average Bonchev–Trinajstić information content (AvgIpc) is 3.18. The number of para-hydroxylation sites is 1. The van der Waals surface area contributed by atoms with Crippen LogP contribution in [0.2, 0.25) is 5.02 Å². The van der Waals surface area contributed by atoms with Crippen LogP contribution in [0.4, 0.5) is 0 Å². The maximum Gasteiger partial charge on any atom is 0.254 e. The fourth-order valence-electron chi connectivity index (χ4n) is 2.93. The Morgan fingerprint density at radius 1 is 1.21 bits per heavy atom. The molecule has 3 rings (SSSR count). The summed E-state index contributed by atoms with van der Waals surface area (Å²) >= 11 is 7.51. The van der Waals surface area contributed by atoms with Gasteiger partial charge in [0.2, 0.25) is 0 Å². The molecular weight excluding hydrogens is 404 g/mol. The van der Waals surface area contributed by atoms with Gasteiger partial charge in [-0.1, -0.05) is 36.7 Å². The van der Waals surface area contributed by atoms with E-state index in [9.17, 15) is 4.79 Å². The number of amides is 1. The van der Waals surface area contributed by atoms with Crippen LogP contribution < -0.4 is 4.74 Å². The van der Waals surface area contributed by atoms with E-state index in [1.54, 1.807) is 35.6 Å². The number of rotatable bonds is 8. The third kappa shape index (κ3) is 5.58. The maximum atomic E-state index is 13.0. The lowest BCUT2D eigenvalue weighted by Crippen LogP contribution is -2.37. The van der Waals surface area contributed by atoms with Crippen LogP contribution in [0.15, 0.2) is 53.9 Å². The number of nitrogens with zero attached hydrogens (tertiary/aromatic N) is 2. The molecule has 29 heavy (non-hydrogen) atoms. The molecule has 4 nitrogen and oxygen atoms in total. The molecule has 0 saturated carbocycles. The Morgan fingerprint density at radius 3 is 2.62 bits per heavy atom. The number of hydrogen-bond donors (Lipinski definition) is 0. The lowest BCUT2D eigenvalue weighted by atomic mass is 10.1. The molecule has 1 aromatic heterocycles. The molecule has 0 N–H and O–H groups in total. The Bertz CT molecular complexity index is 956. The van der Waals surface area contributed by atoms with Crippen LogP contribution in [0.5, 0.6) is 5.75 Å². The minimum absolute atomic E-state index is 0.0123. The molecule has 0 aliphatic carbocycles. The summed E-state index contributed by atoms with van der Waals surface area (Å²) in [6, 6.07) is 15.1. The van der Waals surface area contributed by atoms with E-state index in [1.807, 2.05) is 41.5 Å². The molecule has 152 valence electrons. The van der Waals surface area contributed by atoms with Crippen molar-refractivity contribution >= 4 is 28.8 Å². The fraction of sp³-hybridized carbons (Fsp3) is 0.304. The first kappa shape index (κ1) is 21.3. The number of hydrogen-bond acceptors (Lipinski definition) is 4. The summed E-state index contributed by atoms with van der Waals surface area (Å²) in [6.45, 7) is 7.05. The van der Waals surface area contributed by atoms with Crippen LogP contribution in [0, 0.1) is 6.92 Å². The van der Waals surface area contributed by atoms with Gasteiger partial charge >= 0.3 is 0 Å². The third-order valence-corrected chi connectivity index (χ3v) is 5.97. The van der Waals surface area contributed by atoms with Crippen LogP contribution in [-0.2, 0) is 13.2 Å². The molecular formula is C23H25ClN2O2S. The molecule has 0 radical (unpaired) electrons. The Morgan fingerprint density at radius 2 is 1.93 bits per heavy atom. The maximum absolute atomic E-state index is 13.0. The molecule has 2 aromatic carbocycles. The summed E-state index contributed by atoms with van der Waals surface area (Å²) in [5.41, 5.74) is 2.61. The molecule has 1 amide bonds. The number of thiazole rings is 1. The molecule has 0 aliphatic rings. The molecule has 1 unspecified atom stereocenters. The van der Waals surface area contributed by atoms with Crippen molar-refractivity contribution in [2.75, 3.05) is 0 Å². The van der Waals surface area contributed by atoms with Gasteiger partial charge in [-0.15, -0.1) is 11.3 Å². The predicted octanol–water partition coefficient (Wildman–Crippen LogP) is 6.12. The molecule has 0 spiro atoms. The summed E-state index contributed by atoms with van der Waals surface area (Å²) < 4.78 is 5.89. The lowest BCUT2D eigenvalue weighted by molar-refractivity contribution is 0.0669. The van der Waals surface area contributed by atoms with E-state index < -0.39 is 0 Å². The second kappa shape index (κ2) is 9.90. The highest BCUT2D eigenvalue weighted by atomic mass is 35.5. The van der Waals surface area contributed by atoms with Gasteiger partial charge in [-0.05, 0) is 56.2 Å². The summed E-state index contributed by atoms with van der Waals surface area (Å²) in [5.74, 6) is 0.852. The van der Waals surface area contributed by atoms with Gasteiger partial charge in [0.15, 0.2) is 0 Å². The van der Waals surface area contributed by atoms with Crippen LogP contribution in [0.3, 0.4) is 0 Å². The SMILES string of the molecule is CCC(C)N(Cc1csc(COc2ccccc2C)n1)C(=O)c1ccc(Cl)cc1. The number of ether oxygens (including phenoxy) is 1. The fourth-order valence-corrected chi connectivity index (χ4v) is 3.75. The van der Waals surface area contributed by atoms with Gasteiger partial charge in [-0.3, -0.25) is 4.79 Å². The summed E-state index contributed by atoms with van der Waals surface area (Å²) in [6.07, 6.45) is 0.868. The van der Waals surface area contributed by atoms with Crippen molar-refractivity contribution in [3.05, 3.63) is 80.8 Å². The zero-order valence-electron chi connectivity index (χ0n) is 16.9. The average molecular weight is 429 g/mol. The van der Waals surface area contributed by atoms with E-state index in [0.29, 0.717) is 23.7 Å². The highest BCUT2D eigenvalue weighted by Gasteiger charge is 2.22. The van der Waals surface area contributed by atoms with Crippen LogP contribution >= 0.6 is 22.9 Å². The smallest absolute Gasteiger partial charge is 0.254 e. The van der Waals surface area contributed by atoms with Gasteiger partial charge < -0.3 is 9.64 Å². The van der Waals surface area contributed by atoms with Gasteiger partial charge in [0.25, 0.3) is 5.91 Å². The van der Waals surface area contributed by atoms with Gasteiger partial charge in [0.1, 0.15) is 17.4 Å². The highest BCUT2D eigenvalue weighted by Crippen LogP contribution is 2.21. The normalized spacial score (nSPS) is 11.9. The Balaban J connectivity index is 1.69. The summed E-state index contributed by atoms with van der Waals surface area (Å²) in [7, 11) is 0. The monoisotopic (exact) mass is 428 g/mol. The van der Waals surface area contributed by atoms with Gasteiger partial charge in [0.05, 0.1) is 12.2 Å². The zero-order valence-corrected chi connectivity index (χ0v) is 18.5. The predicted molar refractivity (Wildman–Crippen MR) is 119 cm³/mol. The van der Waals surface area contributed by atoms with Crippen molar-refractivity contribution in [2.24, 2.45) is 0 Å². The van der Waals surface area contributed by atoms with E-state index in [2.05, 4.69) is 18.8 Å². The Kier molecular flexibility index (Phi) is 7.29. The number of carbonyl (C=O) groups is 1. The number of aryl methyl sites for hydroxylation is 1. The first-order chi connectivity index (χ1) is 14.0. The van der Waals surface area contributed by atoms with E-state index in [4.69, 9.17) is 16.3 Å². The summed E-state index contributed by atoms with van der Waals surface area (Å²) in [5, 5.41) is 3.52. The van der Waals surface area contributed by atoms with Gasteiger partial charge in [-0.25, -0.2) is 4.98 Å². The zero-order chi connectivity index (χ0) is 20.8. The topological polar surface area (TPSA) is 42.4 Å². The quantitative estimate of drug-likeness (QED) is 0.433. The van der Waals surface area contributed by atoms with E-state index in [1.165, 1.54) is 0 Å². The largest absolute Gasteiger partial charge is 0.486 e. The first-order valence-corrected chi connectivity index (χ1v) is 10.9. The highest BCUT2D eigenvalue weighted by molar-refractivity contribution is 7.09. The molecule has 3 aromatic rings. The van der Waals surface area contributed by atoms with Crippen molar-refractivity contribution in [2.45, 2.75) is 46.4 Å². The van der Waals surface area contributed by atoms with Gasteiger partial charge in [-0.2, -0.15) is 0 Å². The molecule has 1 heterocycles. The minimum atomic E-state index is -0.0123. The Labute approximate surface area is 181 Å². The second-order valence-corrected chi connectivity index (χ2v) is 8.36. The molecule has 0 fully saturated rings. The van der Waals surface area contributed by atoms with E-state index in [0.717, 1.165) is 28.4 Å². The molecule has 0 bridgehead atoms. The third-order valence-electron chi connectivity index (χ3n) is 4.85. The van der Waals surface area contributed by atoms with Crippen molar-refractivity contribution < 1.29 is 9.53 Å². The van der Waals surface area contributed by atoms with Crippen molar-refractivity contribution in [3.8, 4) is 5.75 Å². The number of aromatic nitrogens is 1. The van der Waals surface area contributed by atoms with E-state index in [-0.39, 0.29) is 11.9 Å². The number of benzene rings is 2. The summed E-state index contributed by atoms with van der Waals surface area (Å²) in [4.78, 5) is 19.6. The first-order valence-electron chi connectivity index (χ1n) is 9.66. The van der Waals surface area contributed by atoms with Crippen molar-refractivity contribution in [1.29, 1.82) is 0 Å². The van der Waals surface area contributed by atoms with Crippen LogP contribution in [0.1, 0.15) is 46.9 Å². The molecule has 1 atom stereocenters. The van der Waals surface area contributed by atoms with Crippen molar-refractivity contribution in [3.63, 3.8) is 0 Å². The minimum Gasteiger partial charge on any atom is -0.486 e. The number of halogens is 1. The standard InChI is InChI=1S/C23H25ClN2O2S/c1-4-17(3)26(23(27)18-9-11-19(24)12-10-18)13-20-15-29-22(25-20)14-28-21-8-6-5-7-16(21)2/h5-12,15,17H,4,13-14H2,1-3H3. The van der Waals surface area contributed by atoms with Crippen molar-refractivity contribution in [1.82, 2.24) is 9.88 Å². The van der Waals surface area contributed by atoms with E-state index >= 15 is 0 Å². The molecule has 0 aliphatic heterocycles. The second-order valence-electron chi connectivity index (χ2n) is 6.98. The number of carbonyl (C=O) groups excluding carboxylic acids is 1. The van der Waals surface area contributed by atoms with Crippen LogP contribution in [0.25, 0.3) is 0 Å². The van der Waals surface area contributed by atoms with Crippen LogP contribution in [-0.4, -0.2) is 21.8 Å².